The Morgan fingerprint density at radius 3 is 2.55 bits per heavy atom. The van der Waals surface area contributed by atoms with Gasteiger partial charge in [-0.15, -0.1) is 11.8 Å². The van der Waals surface area contributed by atoms with Gasteiger partial charge in [0.1, 0.15) is 24.7 Å². The van der Waals surface area contributed by atoms with Gasteiger partial charge >= 0.3 is 17.9 Å². The second-order valence-corrected chi connectivity index (χ2v) is 16.0. The molecule has 2 saturated carbocycles. The molecular formula is C35H47N5O12S. The molecule has 6 rings (SSSR count). The number of phenolic OH excluding ortho intramolecular Hbond substituents is 1. The van der Waals surface area contributed by atoms with Crippen molar-refractivity contribution >= 4 is 47.4 Å². The van der Waals surface area contributed by atoms with Gasteiger partial charge in [-0.1, -0.05) is 6.07 Å². The van der Waals surface area contributed by atoms with Crippen LogP contribution in [0.1, 0.15) is 62.5 Å². The van der Waals surface area contributed by atoms with E-state index in [9.17, 15) is 39.0 Å². The molecule has 2 aliphatic heterocycles. The molecule has 290 valence electrons. The van der Waals surface area contributed by atoms with Crippen molar-refractivity contribution in [2.45, 2.75) is 104 Å². The van der Waals surface area contributed by atoms with Gasteiger partial charge < -0.3 is 51.6 Å². The first kappa shape index (κ1) is 38.6. The highest BCUT2D eigenvalue weighted by Gasteiger charge is 2.73. The minimum absolute atomic E-state index is 0.0443. The summed E-state index contributed by atoms with van der Waals surface area (Å²) in [6.07, 6.45) is 2.51. The number of hydrogen-bond donors (Lipinski definition) is 8. The Morgan fingerprint density at radius 2 is 1.87 bits per heavy atom. The van der Waals surface area contributed by atoms with Crippen molar-refractivity contribution in [3.63, 3.8) is 0 Å². The van der Waals surface area contributed by atoms with Crippen LogP contribution in [0.25, 0.3) is 0 Å². The zero-order chi connectivity index (χ0) is 38.2. The van der Waals surface area contributed by atoms with Crippen LogP contribution in [0, 0.1) is 5.92 Å². The van der Waals surface area contributed by atoms with Crippen LogP contribution in [0.15, 0.2) is 12.1 Å². The Labute approximate surface area is 309 Å². The number of nitrogens with one attached hydrogen (secondary N) is 3. The van der Waals surface area contributed by atoms with Gasteiger partial charge in [-0.3, -0.25) is 33.7 Å². The molecule has 2 heterocycles. The lowest BCUT2D eigenvalue weighted by Crippen LogP contribution is -2.78. The number of hydrogen-bond acceptors (Lipinski definition) is 13. The molecule has 18 heteroatoms. The molecule has 53 heavy (non-hydrogen) atoms. The van der Waals surface area contributed by atoms with E-state index in [-0.39, 0.29) is 30.4 Å². The third-order valence-electron chi connectivity index (χ3n) is 11.5. The lowest BCUT2D eigenvalue weighted by Gasteiger charge is -2.64. The lowest BCUT2D eigenvalue weighted by atomic mass is 9.48. The van der Waals surface area contributed by atoms with Gasteiger partial charge in [0.05, 0.1) is 35.8 Å². The highest BCUT2D eigenvalue weighted by molar-refractivity contribution is 8.00. The number of carbonyl (C=O) groups is 6. The van der Waals surface area contributed by atoms with Crippen molar-refractivity contribution in [3.8, 4) is 11.5 Å². The maximum atomic E-state index is 14.1. The van der Waals surface area contributed by atoms with E-state index >= 15 is 0 Å². The molecule has 3 amide bonds. The van der Waals surface area contributed by atoms with E-state index in [1.807, 2.05) is 6.07 Å². The number of carboxylic acid groups (broad SMARTS) is 2. The van der Waals surface area contributed by atoms with Crippen molar-refractivity contribution in [2.24, 2.45) is 11.7 Å². The van der Waals surface area contributed by atoms with E-state index in [0.29, 0.717) is 37.4 Å². The fourth-order valence-corrected chi connectivity index (χ4v) is 9.86. The van der Waals surface area contributed by atoms with Crippen LogP contribution in [0.3, 0.4) is 0 Å². The molecule has 3 aliphatic carbocycles. The Kier molecular flexibility index (Phi) is 11.1. The summed E-state index contributed by atoms with van der Waals surface area (Å²) in [6, 6.07) is 0.0157. The number of aliphatic hydroxyl groups is 1. The molecule has 1 aromatic carbocycles. The first-order valence-corrected chi connectivity index (χ1v) is 19.0. The van der Waals surface area contributed by atoms with Crippen LogP contribution >= 0.6 is 11.8 Å². The number of phenols is 1. The predicted molar refractivity (Wildman–Crippen MR) is 187 cm³/mol. The molecule has 1 spiro atoms. The number of aromatic hydroxyl groups is 1. The number of benzene rings is 1. The number of carboxylic acids is 2. The molecule has 17 nitrogen and oxygen atoms in total. The largest absolute Gasteiger partial charge is 0.504 e. The minimum atomic E-state index is -1.36. The molecular weight excluding hydrogens is 714 g/mol. The number of amides is 3. The normalized spacial score (nSPS) is 28.3. The third kappa shape index (κ3) is 7.50. The number of esters is 1. The number of likely N-dealkylation sites (tertiary alicyclic amines) is 1. The molecule has 4 unspecified atom stereocenters. The smallest absolute Gasteiger partial charge is 0.322 e. The summed E-state index contributed by atoms with van der Waals surface area (Å²) < 4.78 is 11.4. The SMILES string of the molecule is COC(=O)CC(SCC(NC(=O)CCC(N)C(=O)O)C(=O)NCC(=O)O)C(=O)N[C@@H]1CC[C@@]2(O)C3Cc4ccc(O)c5c4[C@@]2(CCN3CC2CC2)[C@H]1O5. The van der Waals surface area contributed by atoms with Crippen LogP contribution in [0.2, 0.25) is 0 Å². The topological polar surface area (TPSA) is 267 Å². The summed E-state index contributed by atoms with van der Waals surface area (Å²) in [6.45, 7) is 0.883. The molecule has 5 aliphatic rings. The summed E-state index contributed by atoms with van der Waals surface area (Å²) in [4.78, 5) is 76.9. The first-order chi connectivity index (χ1) is 25.2. The highest BCUT2D eigenvalue weighted by atomic mass is 32.2. The number of thioether (sulfide) groups is 1. The van der Waals surface area contributed by atoms with Gasteiger partial charge in [-0.05, 0) is 69.0 Å². The standard InChI is InChI=1S/C35H47N5O12S/c1-51-27(45)13-23(53-16-21(31(46)37-14-26(43)44)38-25(42)7-5-19(36)33(48)49)32(47)39-20-8-9-35(50)24-12-18-4-6-22(41)29-28(18)34(35,30(20)52-29)10-11-40(24)15-17-2-3-17/h4,6,17,19-21,23-24,30,41,50H,2-3,5,7-16,36H2,1H3,(H,37,46)(H,38,42)(H,39,47)(H,43,44)(H,48,49)/t19?,20-,21?,23?,24?,30+,34+,35-/m1/s1. The van der Waals surface area contributed by atoms with Gasteiger partial charge in [0.15, 0.2) is 11.5 Å². The van der Waals surface area contributed by atoms with E-state index in [1.54, 1.807) is 6.07 Å². The molecule has 8 atom stereocenters. The maximum Gasteiger partial charge on any atom is 0.322 e. The molecule has 9 N–H and O–H groups in total. The van der Waals surface area contributed by atoms with Crippen molar-refractivity contribution in [1.29, 1.82) is 0 Å². The fourth-order valence-electron chi connectivity index (χ4n) is 8.72. The number of nitrogens with zero attached hydrogens (tertiary/aromatic N) is 1. The van der Waals surface area contributed by atoms with Crippen LogP contribution in [-0.4, -0.2) is 135 Å². The number of rotatable bonds is 17. The first-order valence-electron chi connectivity index (χ1n) is 17.9. The van der Waals surface area contributed by atoms with Gasteiger partial charge in [-0.25, -0.2) is 0 Å². The van der Waals surface area contributed by atoms with E-state index in [0.717, 1.165) is 43.1 Å². The second-order valence-electron chi connectivity index (χ2n) is 14.8. The van der Waals surface area contributed by atoms with Gasteiger partial charge in [-0.2, -0.15) is 0 Å². The van der Waals surface area contributed by atoms with Gasteiger partial charge in [0.25, 0.3) is 0 Å². The summed E-state index contributed by atoms with van der Waals surface area (Å²) in [5.41, 5.74) is 5.21. The Hall–Kier alpha value is -4.13. The number of ether oxygens (including phenoxy) is 2. The summed E-state index contributed by atoms with van der Waals surface area (Å²) in [5.74, 6) is -4.92. The zero-order valence-corrected chi connectivity index (χ0v) is 30.2. The van der Waals surface area contributed by atoms with Crippen LogP contribution in [0.4, 0.5) is 0 Å². The summed E-state index contributed by atoms with van der Waals surface area (Å²) in [7, 11) is 1.16. The van der Waals surface area contributed by atoms with E-state index in [2.05, 4.69) is 20.9 Å². The number of nitrogens with two attached hydrogens (primary N) is 1. The maximum absolute atomic E-state index is 14.1. The van der Waals surface area contributed by atoms with Gasteiger partial charge in [0, 0.05) is 30.3 Å². The number of piperidine rings is 1. The zero-order valence-electron chi connectivity index (χ0n) is 29.4. The summed E-state index contributed by atoms with van der Waals surface area (Å²) in [5, 5.41) is 48.3. The molecule has 1 saturated heterocycles. The highest BCUT2D eigenvalue weighted by Crippen LogP contribution is 2.65. The Morgan fingerprint density at radius 1 is 1.11 bits per heavy atom. The van der Waals surface area contributed by atoms with Crippen LogP contribution in [-0.2, 0) is 45.3 Å². The number of carbonyl (C=O) groups excluding carboxylic acids is 4. The van der Waals surface area contributed by atoms with E-state index in [4.69, 9.17) is 25.4 Å². The fraction of sp³-hybridized carbons (Fsp3) is 0.657. The van der Waals surface area contributed by atoms with Gasteiger partial charge in [0.2, 0.25) is 17.7 Å². The van der Waals surface area contributed by atoms with Crippen molar-refractivity contribution < 1.29 is 58.7 Å². The third-order valence-corrected chi connectivity index (χ3v) is 12.8. The van der Waals surface area contributed by atoms with E-state index < -0.39 is 89.1 Å². The molecule has 0 radical (unpaired) electrons. The molecule has 1 aromatic rings. The average Bonchev–Trinajstić information content (AvgIpc) is 3.86. The Balaban J connectivity index is 1.20. The molecule has 0 aromatic heterocycles. The predicted octanol–water partition coefficient (Wildman–Crippen LogP) is -1.02. The molecule has 2 bridgehead atoms. The minimum Gasteiger partial charge on any atom is -0.504 e. The number of aliphatic carboxylic acids is 2. The van der Waals surface area contributed by atoms with E-state index in [1.165, 1.54) is 12.8 Å². The quantitative estimate of drug-likeness (QED) is 0.0884. The summed E-state index contributed by atoms with van der Waals surface area (Å²) >= 11 is 0.869. The monoisotopic (exact) mass is 761 g/mol. The number of methoxy groups -OCH3 is 1. The second kappa shape index (κ2) is 15.3. The van der Waals surface area contributed by atoms with Crippen LogP contribution in [0.5, 0.6) is 11.5 Å². The van der Waals surface area contributed by atoms with Crippen molar-refractivity contribution in [3.05, 3.63) is 23.3 Å². The molecule has 3 fully saturated rings. The van der Waals surface area contributed by atoms with Crippen molar-refractivity contribution in [2.75, 3.05) is 32.5 Å². The van der Waals surface area contributed by atoms with Crippen LogP contribution < -0.4 is 26.4 Å². The van der Waals surface area contributed by atoms with Crippen molar-refractivity contribution in [1.82, 2.24) is 20.9 Å². The lowest BCUT2D eigenvalue weighted by molar-refractivity contribution is -0.192. The Bertz CT molecular complexity index is 1660. The average molecular weight is 762 g/mol.